The number of benzene rings is 2. The van der Waals surface area contributed by atoms with Gasteiger partial charge in [-0.1, -0.05) is 37.3 Å². The van der Waals surface area contributed by atoms with Gasteiger partial charge in [-0.25, -0.2) is 4.79 Å². The molecule has 2 rings (SSSR count). The van der Waals surface area contributed by atoms with Crippen LogP contribution in [0.5, 0.6) is 5.75 Å². The van der Waals surface area contributed by atoms with Crippen molar-refractivity contribution in [3.63, 3.8) is 0 Å². The second-order valence-electron chi connectivity index (χ2n) is 9.36. The van der Waals surface area contributed by atoms with Crippen molar-refractivity contribution in [2.24, 2.45) is 0 Å². The monoisotopic (exact) mass is 495 g/mol. The Kier molecular flexibility index (Phi) is 10.1. The molecule has 0 aromatic heterocycles. The standard InChI is InChI=1S/C28H37N3O5/c1-8-18-31(26(33)19(3)29-27(34)36-28(4,5)6)24(21-12-10-20(9-2)11-13-21)25(32)30-22-14-16-23(35-7)17-15-22/h8,10-17,19,24H,1,9,18H2,2-7H3,(H,29,34)(H,30,32). The van der Waals surface area contributed by atoms with Crippen molar-refractivity contribution in [1.82, 2.24) is 10.2 Å². The number of hydrogen-bond acceptors (Lipinski definition) is 5. The largest absolute Gasteiger partial charge is 0.497 e. The van der Waals surface area contributed by atoms with Gasteiger partial charge in [0.1, 0.15) is 23.4 Å². The Morgan fingerprint density at radius 3 is 2.17 bits per heavy atom. The van der Waals surface area contributed by atoms with E-state index in [2.05, 4.69) is 17.2 Å². The van der Waals surface area contributed by atoms with Crippen molar-refractivity contribution in [1.29, 1.82) is 0 Å². The zero-order valence-corrected chi connectivity index (χ0v) is 22.0. The first-order chi connectivity index (χ1) is 17.0. The maximum Gasteiger partial charge on any atom is 0.408 e. The number of nitrogens with zero attached hydrogens (tertiary/aromatic N) is 1. The Labute approximate surface area is 213 Å². The van der Waals surface area contributed by atoms with E-state index in [9.17, 15) is 14.4 Å². The lowest BCUT2D eigenvalue weighted by atomic mass is 10.0. The van der Waals surface area contributed by atoms with Gasteiger partial charge in [-0.05, 0) is 69.5 Å². The molecule has 0 fully saturated rings. The van der Waals surface area contributed by atoms with Gasteiger partial charge in [0.25, 0.3) is 5.91 Å². The van der Waals surface area contributed by atoms with Crippen LogP contribution in [0.4, 0.5) is 10.5 Å². The van der Waals surface area contributed by atoms with Crippen LogP contribution in [-0.2, 0) is 20.7 Å². The van der Waals surface area contributed by atoms with Crippen molar-refractivity contribution >= 4 is 23.6 Å². The highest BCUT2D eigenvalue weighted by Gasteiger charge is 2.34. The number of hydrogen-bond donors (Lipinski definition) is 2. The van der Waals surface area contributed by atoms with Crippen LogP contribution in [0.15, 0.2) is 61.2 Å². The fraction of sp³-hybridized carbons (Fsp3) is 0.393. The number of ether oxygens (including phenoxy) is 2. The number of carbonyl (C=O) groups excluding carboxylic acids is 3. The van der Waals surface area contributed by atoms with Gasteiger partial charge in [-0.15, -0.1) is 6.58 Å². The summed E-state index contributed by atoms with van der Waals surface area (Å²) in [6, 6.07) is 12.6. The van der Waals surface area contributed by atoms with Crippen molar-refractivity contribution in [3.05, 3.63) is 72.3 Å². The molecule has 0 aliphatic carbocycles. The van der Waals surface area contributed by atoms with Crippen molar-refractivity contribution in [3.8, 4) is 5.75 Å². The molecule has 194 valence electrons. The van der Waals surface area contributed by atoms with Gasteiger partial charge in [0.15, 0.2) is 0 Å². The van der Waals surface area contributed by atoms with E-state index >= 15 is 0 Å². The number of rotatable bonds is 10. The molecule has 0 bridgehead atoms. The molecular formula is C28H37N3O5. The number of aryl methyl sites for hydroxylation is 1. The molecule has 8 nitrogen and oxygen atoms in total. The molecule has 2 atom stereocenters. The minimum absolute atomic E-state index is 0.0927. The molecule has 36 heavy (non-hydrogen) atoms. The molecular weight excluding hydrogens is 458 g/mol. The Balaban J connectivity index is 2.39. The summed E-state index contributed by atoms with van der Waals surface area (Å²) in [5.74, 6) is -0.190. The SMILES string of the molecule is C=CCN(C(=O)C(C)NC(=O)OC(C)(C)C)C(C(=O)Nc1ccc(OC)cc1)c1ccc(CC)cc1. The molecule has 2 N–H and O–H groups in total. The maximum atomic E-state index is 13.6. The Morgan fingerprint density at radius 1 is 1.06 bits per heavy atom. The van der Waals surface area contributed by atoms with E-state index in [1.54, 1.807) is 65.1 Å². The zero-order valence-electron chi connectivity index (χ0n) is 22.0. The highest BCUT2D eigenvalue weighted by molar-refractivity contribution is 5.99. The molecule has 0 radical (unpaired) electrons. The summed E-state index contributed by atoms with van der Waals surface area (Å²) in [5.41, 5.74) is 1.59. The number of alkyl carbamates (subject to hydrolysis) is 1. The Hall–Kier alpha value is -3.81. The van der Waals surface area contributed by atoms with E-state index in [1.165, 1.54) is 4.90 Å². The predicted octanol–water partition coefficient (Wildman–Crippen LogP) is 4.87. The fourth-order valence-corrected chi connectivity index (χ4v) is 3.55. The second-order valence-corrected chi connectivity index (χ2v) is 9.36. The highest BCUT2D eigenvalue weighted by Crippen LogP contribution is 2.26. The third kappa shape index (κ3) is 8.15. The van der Waals surface area contributed by atoms with Gasteiger partial charge in [0, 0.05) is 12.2 Å². The van der Waals surface area contributed by atoms with E-state index in [0.29, 0.717) is 17.0 Å². The number of carbonyl (C=O) groups is 3. The molecule has 8 heteroatoms. The fourth-order valence-electron chi connectivity index (χ4n) is 3.55. The van der Waals surface area contributed by atoms with Crippen LogP contribution in [-0.4, -0.2) is 48.1 Å². The van der Waals surface area contributed by atoms with Gasteiger partial charge >= 0.3 is 6.09 Å². The first-order valence-electron chi connectivity index (χ1n) is 11.9. The number of methoxy groups -OCH3 is 1. The minimum atomic E-state index is -0.966. The molecule has 0 aliphatic rings. The average Bonchev–Trinajstić information content (AvgIpc) is 2.82. The third-order valence-electron chi connectivity index (χ3n) is 5.33. The molecule has 0 spiro atoms. The van der Waals surface area contributed by atoms with Crippen molar-refractivity contribution in [2.45, 2.75) is 58.7 Å². The Bertz CT molecular complexity index is 1040. The molecule has 0 heterocycles. The van der Waals surface area contributed by atoms with Crippen LogP contribution in [0.3, 0.4) is 0 Å². The van der Waals surface area contributed by atoms with E-state index in [1.807, 2.05) is 31.2 Å². The van der Waals surface area contributed by atoms with Gasteiger partial charge < -0.3 is 25.0 Å². The van der Waals surface area contributed by atoms with E-state index < -0.39 is 35.6 Å². The number of amides is 3. The smallest absolute Gasteiger partial charge is 0.408 e. The summed E-state index contributed by atoms with van der Waals surface area (Å²) in [6.45, 7) is 12.7. The quantitative estimate of drug-likeness (QED) is 0.459. The molecule has 0 saturated heterocycles. The summed E-state index contributed by atoms with van der Waals surface area (Å²) in [4.78, 5) is 40.8. The molecule has 3 amide bonds. The van der Waals surface area contributed by atoms with Crippen LogP contribution in [0, 0.1) is 0 Å². The van der Waals surface area contributed by atoms with E-state index in [0.717, 1.165) is 12.0 Å². The average molecular weight is 496 g/mol. The topological polar surface area (TPSA) is 97.0 Å². The lowest BCUT2D eigenvalue weighted by molar-refractivity contribution is -0.139. The number of anilines is 1. The van der Waals surface area contributed by atoms with Crippen LogP contribution in [0.2, 0.25) is 0 Å². The summed E-state index contributed by atoms with van der Waals surface area (Å²) in [7, 11) is 1.56. The van der Waals surface area contributed by atoms with Gasteiger partial charge in [-0.2, -0.15) is 0 Å². The summed E-state index contributed by atoms with van der Waals surface area (Å²) in [6.07, 6.45) is 1.68. The van der Waals surface area contributed by atoms with E-state index in [4.69, 9.17) is 9.47 Å². The molecule has 0 aliphatic heterocycles. The van der Waals surface area contributed by atoms with E-state index in [-0.39, 0.29) is 6.54 Å². The first kappa shape index (κ1) is 28.4. The van der Waals surface area contributed by atoms with Crippen LogP contribution < -0.4 is 15.4 Å². The first-order valence-corrected chi connectivity index (χ1v) is 11.9. The molecule has 0 saturated carbocycles. The zero-order chi connectivity index (χ0) is 26.9. The van der Waals surface area contributed by atoms with Crippen molar-refractivity contribution in [2.75, 3.05) is 19.0 Å². The van der Waals surface area contributed by atoms with Crippen LogP contribution in [0.25, 0.3) is 0 Å². The highest BCUT2D eigenvalue weighted by atomic mass is 16.6. The summed E-state index contributed by atoms with van der Waals surface area (Å²) in [5, 5.41) is 5.46. The normalized spacial score (nSPS) is 12.6. The van der Waals surface area contributed by atoms with Crippen LogP contribution >= 0.6 is 0 Å². The summed E-state index contributed by atoms with van der Waals surface area (Å²) < 4.78 is 10.5. The third-order valence-corrected chi connectivity index (χ3v) is 5.33. The second kappa shape index (κ2) is 12.8. The lowest BCUT2D eigenvalue weighted by Crippen LogP contribution is -2.51. The van der Waals surface area contributed by atoms with Gasteiger partial charge in [-0.3, -0.25) is 9.59 Å². The lowest BCUT2D eigenvalue weighted by Gasteiger charge is -2.33. The van der Waals surface area contributed by atoms with Crippen molar-refractivity contribution < 1.29 is 23.9 Å². The maximum absolute atomic E-state index is 13.6. The van der Waals surface area contributed by atoms with Gasteiger partial charge in [0.05, 0.1) is 7.11 Å². The molecule has 2 aromatic rings. The predicted molar refractivity (Wildman–Crippen MR) is 141 cm³/mol. The van der Waals surface area contributed by atoms with Gasteiger partial charge in [0.2, 0.25) is 5.91 Å². The summed E-state index contributed by atoms with van der Waals surface area (Å²) >= 11 is 0. The number of nitrogens with one attached hydrogen (secondary N) is 2. The van der Waals surface area contributed by atoms with Crippen LogP contribution in [0.1, 0.15) is 51.8 Å². The molecule has 2 aromatic carbocycles. The Morgan fingerprint density at radius 2 is 1.67 bits per heavy atom. The minimum Gasteiger partial charge on any atom is -0.497 e. The molecule has 2 unspecified atom stereocenters.